The van der Waals surface area contributed by atoms with Gasteiger partial charge in [0.2, 0.25) is 10.0 Å². The molecule has 0 aliphatic carbocycles. The van der Waals surface area contributed by atoms with Crippen LogP contribution in [-0.4, -0.2) is 62.9 Å². The third kappa shape index (κ3) is 5.27. The normalized spacial score (nSPS) is 14.9. The van der Waals surface area contributed by atoms with Crippen molar-refractivity contribution in [2.45, 2.75) is 4.90 Å². The number of amides is 1. The lowest BCUT2D eigenvalue weighted by atomic mass is 10.3. The van der Waals surface area contributed by atoms with E-state index < -0.39 is 28.5 Å². The second kappa shape index (κ2) is 10.0. The second-order valence-corrected chi connectivity index (χ2v) is 10.6. The number of anilines is 1. The van der Waals surface area contributed by atoms with Gasteiger partial charge in [0.15, 0.2) is 6.61 Å². The Kier molecular flexibility index (Phi) is 7.64. The first-order valence-corrected chi connectivity index (χ1v) is 12.6. The van der Waals surface area contributed by atoms with Crippen LogP contribution in [0.1, 0.15) is 9.67 Å². The van der Waals surface area contributed by atoms with Crippen LogP contribution in [0.3, 0.4) is 0 Å². The first-order chi connectivity index (χ1) is 14.3. The van der Waals surface area contributed by atoms with Gasteiger partial charge >= 0.3 is 5.97 Å². The van der Waals surface area contributed by atoms with Crippen LogP contribution in [0.15, 0.2) is 34.5 Å². The van der Waals surface area contributed by atoms with Crippen molar-refractivity contribution in [3.63, 3.8) is 0 Å². The largest absolute Gasteiger partial charge is 0.495 e. The van der Waals surface area contributed by atoms with Gasteiger partial charge in [0, 0.05) is 29.6 Å². The van der Waals surface area contributed by atoms with E-state index in [1.54, 1.807) is 23.9 Å². The number of hydrogen-bond acceptors (Lipinski definition) is 8. The molecular weight excluding hydrogens is 472 g/mol. The molecule has 0 bridgehead atoms. The zero-order valence-corrected chi connectivity index (χ0v) is 19.1. The highest BCUT2D eigenvalue weighted by molar-refractivity contribution is 7.99. The van der Waals surface area contributed by atoms with Gasteiger partial charge in [-0.05, 0) is 29.6 Å². The molecule has 1 aliphatic rings. The Balaban J connectivity index is 1.66. The molecule has 1 aromatic heterocycles. The zero-order chi connectivity index (χ0) is 21.7. The zero-order valence-electron chi connectivity index (χ0n) is 15.9. The minimum absolute atomic E-state index is 0.0543. The predicted molar refractivity (Wildman–Crippen MR) is 117 cm³/mol. The fourth-order valence-corrected chi connectivity index (χ4v) is 6.77. The highest BCUT2D eigenvalue weighted by Crippen LogP contribution is 2.29. The van der Waals surface area contributed by atoms with Crippen LogP contribution in [0, 0.1) is 0 Å². The summed E-state index contributed by atoms with van der Waals surface area (Å²) in [7, 11) is -2.35. The molecule has 12 heteroatoms. The number of nitrogens with one attached hydrogen (secondary N) is 1. The first kappa shape index (κ1) is 22.9. The van der Waals surface area contributed by atoms with Gasteiger partial charge in [0.1, 0.15) is 15.5 Å². The van der Waals surface area contributed by atoms with E-state index in [0.29, 0.717) is 41.1 Å². The van der Waals surface area contributed by atoms with Gasteiger partial charge in [0.05, 0.1) is 12.8 Å². The smallest absolute Gasteiger partial charge is 0.350 e. The maximum Gasteiger partial charge on any atom is 0.350 e. The number of halogens is 1. The van der Waals surface area contributed by atoms with Gasteiger partial charge in [0.25, 0.3) is 5.91 Å². The Morgan fingerprint density at radius 2 is 1.97 bits per heavy atom. The Morgan fingerprint density at radius 3 is 2.67 bits per heavy atom. The van der Waals surface area contributed by atoms with Gasteiger partial charge in [-0.15, -0.1) is 11.3 Å². The molecule has 3 rings (SSSR count). The van der Waals surface area contributed by atoms with Crippen molar-refractivity contribution in [2.75, 3.05) is 43.6 Å². The number of esters is 1. The van der Waals surface area contributed by atoms with Crippen molar-refractivity contribution in [3.8, 4) is 5.75 Å². The number of rotatable bonds is 7. The number of methoxy groups -OCH3 is 1. The predicted octanol–water partition coefficient (Wildman–Crippen LogP) is 2.94. The summed E-state index contributed by atoms with van der Waals surface area (Å²) in [6.45, 7) is 0.189. The lowest BCUT2D eigenvalue weighted by Crippen LogP contribution is -2.38. The maximum atomic E-state index is 12.9. The number of thioether (sulfide) groups is 1. The number of carbonyl (C=O) groups excluding carboxylic acids is 2. The van der Waals surface area contributed by atoms with E-state index in [4.69, 9.17) is 21.1 Å². The number of sulfonamides is 1. The molecule has 1 aliphatic heterocycles. The first-order valence-electron chi connectivity index (χ1n) is 8.79. The fourth-order valence-electron chi connectivity index (χ4n) is 2.74. The van der Waals surface area contributed by atoms with Gasteiger partial charge in [-0.1, -0.05) is 11.6 Å². The highest BCUT2D eigenvalue weighted by atomic mass is 35.5. The maximum absolute atomic E-state index is 12.9. The van der Waals surface area contributed by atoms with Crippen LogP contribution in [-0.2, 0) is 19.6 Å². The summed E-state index contributed by atoms with van der Waals surface area (Å²) in [5, 5.41) is 4.46. The lowest BCUT2D eigenvalue weighted by Gasteiger charge is -2.25. The summed E-state index contributed by atoms with van der Waals surface area (Å²) in [5.41, 5.74) is 0.327. The molecule has 0 spiro atoms. The van der Waals surface area contributed by atoms with Crippen molar-refractivity contribution in [1.29, 1.82) is 0 Å². The van der Waals surface area contributed by atoms with Crippen LogP contribution in [0.25, 0.3) is 0 Å². The molecule has 0 atom stereocenters. The molecule has 30 heavy (non-hydrogen) atoms. The molecule has 1 N–H and O–H groups in total. The number of benzene rings is 1. The Bertz CT molecular complexity index is 1030. The fraction of sp³-hybridized carbons (Fsp3) is 0.333. The van der Waals surface area contributed by atoms with E-state index in [-0.39, 0.29) is 9.77 Å². The summed E-state index contributed by atoms with van der Waals surface area (Å²) in [4.78, 5) is 24.5. The Hall–Kier alpha value is -1.79. The summed E-state index contributed by atoms with van der Waals surface area (Å²) in [6, 6.07) is 6.08. The molecule has 1 saturated heterocycles. The molecule has 0 saturated carbocycles. The van der Waals surface area contributed by atoms with E-state index in [1.165, 1.54) is 28.9 Å². The highest BCUT2D eigenvalue weighted by Gasteiger charge is 2.31. The van der Waals surface area contributed by atoms with E-state index in [2.05, 4.69) is 5.32 Å². The number of thiophene rings is 1. The van der Waals surface area contributed by atoms with Gasteiger partial charge < -0.3 is 14.8 Å². The van der Waals surface area contributed by atoms with Crippen LogP contribution in [0.5, 0.6) is 5.75 Å². The minimum Gasteiger partial charge on any atom is -0.495 e. The van der Waals surface area contributed by atoms with E-state index in [1.807, 2.05) is 0 Å². The minimum atomic E-state index is -3.80. The van der Waals surface area contributed by atoms with E-state index >= 15 is 0 Å². The van der Waals surface area contributed by atoms with Crippen molar-refractivity contribution in [3.05, 3.63) is 39.5 Å². The molecule has 1 amide bonds. The molecule has 162 valence electrons. The average Bonchev–Trinajstić information content (AvgIpc) is 3.24. The van der Waals surface area contributed by atoms with Crippen LogP contribution in [0.4, 0.5) is 5.69 Å². The molecule has 1 aromatic carbocycles. The van der Waals surface area contributed by atoms with Crippen molar-refractivity contribution >= 4 is 62.3 Å². The molecule has 1 fully saturated rings. The van der Waals surface area contributed by atoms with Crippen molar-refractivity contribution in [1.82, 2.24) is 4.31 Å². The van der Waals surface area contributed by atoms with Crippen molar-refractivity contribution < 1.29 is 27.5 Å². The number of nitrogens with zero attached hydrogens (tertiary/aromatic N) is 1. The summed E-state index contributed by atoms with van der Waals surface area (Å²) < 4.78 is 37.3. The topological polar surface area (TPSA) is 102 Å². The Labute approximate surface area is 187 Å². The quantitative estimate of drug-likeness (QED) is 0.595. The number of hydrogen-bond donors (Lipinski definition) is 1. The molecular formula is C18H19ClN2O6S3. The number of carbonyl (C=O) groups is 2. The molecule has 0 radical (unpaired) electrons. The number of ether oxygens (including phenoxy) is 2. The summed E-state index contributed by atoms with van der Waals surface area (Å²) in [5.74, 6) is 0.318. The van der Waals surface area contributed by atoms with E-state index in [9.17, 15) is 18.0 Å². The third-order valence-electron chi connectivity index (χ3n) is 4.17. The van der Waals surface area contributed by atoms with Crippen LogP contribution >= 0.6 is 34.7 Å². The third-order valence-corrected chi connectivity index (χ3v) is 8.31. The molecule has 2 heterocycles. The van der Waals surface area contributed by atoms with Crippen molar-refractivity contribution in [2.24, 2.45) is 0 Å². The van der Waals surface area contributed by atoms with Crippen LogP contribution in [0.2, 0.25) is 5.02 Å². The standard InChI is InChI=1S/C18H19ClN2O6S3/c1-26-14-3-2-12(19)10-13(14)20-16(22)11-27-18(23)17-15(4-7-29-17)30(24,25)21-5-8-28-9-6-21/h2-4,7,10H,5-6,8-9,11H2,1H3,(H,20,22). The SMILES string of the molecule is COc1ccc(Cl)cc1NC(=O)COC(=O)c1sccc1S(=O)(=O)N1CCSCC1. The average molecular weight is 491 g/mol. The molecule has 0 unspecified atom stereocenters. The molecule has 8 nitrogen and oxygen atoms in total. The van der Waals surface area contributed by atoms with Gasteiger partial charge in [-0.25, -0.2) is 13.2 Å². The molecule has 2 aromatic rings. The monoisotopic (exact) mass is 490 g/mol. The second-order valence-electron chi connectivity index (χ2n) is 6.10. The van der Waals surface area contributed by atoms with E-state index in [0.717, 1.165) is 11.3 Å². The summed E-state index contributed by atoms with van der Waals surface area (Å²) >= 11 is 8.56. The Morgan fingerprint density at radius 1 is 1.23 bits per heavy atom. The van der Waals surface area contributed by atoms with Crippen LogP contribution < -0.4 is 10.1 Å². The van der Waals surface area contributed by atoms with Gasteiger partial charge in [-0.2, -0.15) is 16.1 Å². The van der Waals surface area contributed by atoms with Gasteiger partial charge in [-0.3, -0.25) is 4.79 Å². The summed E-state index contributed by atoms with van der Waals surface area (Å²) in [6.07, 6.45) is 0. The lowest BCUT2D eigenvalue weighted by molar-refractivity contribution is -0.119.